The summed E-state index contributed by atoms with van der Waals surface area (Å²) in [4.78, 5) is 0. The smallest absolute Gasteiger partial charge is 0.183 e. The summed E-state index contributed by atoms with van der Waals surface area (Å²) in [5, 5.41) is 0. The largest absolute Gasteiger partial charge is 0.348 e. The summed E-state index contributed by atoms with van der Waals surface area (Å²) in [5.74, 6) is 0. The summed E-state index contributed by atoms with van der Waals surface area (Å²) < 4.78 is 11.7. The van der Waals surface area contributed by atoms with E-state index in [0.717, 1.165) is 44.5 Å². The quantitative estimate of drug-likeness (QED) is 0.470. The highest BCUT2D eigenvalue weighted by Crippen LogP contribution is 2.21. The van der Waals surface area contributed by atoms with Gasteiger partial charge in [-0.2, -0.15) is 0 Å². The van der Waals surface area contributed by atoms with Crippen LogP contribution in [0.5, 0.6) is 0 Å². The maximum atomic E-state index is 5.85. The molecule has 0 heterocycles. The Bertz CT molecular complexity index is 313. The second kappa shape index (κ2) is 9.12. The Hall–Kier alpha value is -0.860. The monoisotopic (exact) mass is 250 g/mol. The van der Waals surface area contributed by atoms with Crippen LogP contribution in [0.1, 0.15) is 56.9 Å². The molecule has 2 nitrogen and oxygen atoms in total. The molecule has 0 fully saturated rings. The normalized spacial score (nSPS) is 11.1. The molecule has 18 heavy (non-hydrogen) atoms. The summed E-state index contributed by atoms with van der Waals surface area (Å²) in [6, 6.07) is 8.38. The van der Waals surface area contributed by atoms with Gasteiger partial charge in [0.2, 0.25) is 0 Å². The van der Waals surface area contributed by atoms with E-state index in [1.807, 2.05) is 0 Å². The van der Waals surface area contributed by atoms with E-state index in [1.54, 1.807) is 0 Å². The molecule has 102 valence electrons. The molecule has 0 aliphatic carbocycles. The Morgan fingerprint density at radius 2 is 1.61 bits per heavy atom. The zero-order valence-electron chi connectivity index (χ0n) is 11.9. The van der Waals surface area contributed by atoms with E-state index in [4.69, 9.17) is 9.47 Å². The van der Waals surface area contributed by atoms with E-state index in [1.165, 1.54) is 5.56 Å². The number of ether oxygens (including phenoxy) is 2. The summed E-state index contributed by atoms with van der Waals surface area (Å²) in [6.45, 7) is 7.97. The average molecular weight is 250 g/mol. The number of unbranched alkanes of at least 4 members (excludes halogenated alkanes) is 2. The van der Waals surface area contributed by atoms with E-state index in [2.05, 4.69) is 45.0 Å². The van der Waals surface area contributed by atoms with Crippen LogP contribution in [0.3, 0.4) is 0 Å². The van der Waals surface area contributed by atoms with E-state index < -0.39 is 0 Å². The van der Waals surface area contributed by atoms with Gasteiger partial charge in [-0.1, -0.05) is 56.5 Å². The van der Waals surface area contributed by atoms with Crippen molar-refractivity contribution in [3.8, 4) is 0 Å². The minimum atomic E-state index is -0.206. The fraction of sp³-hybridized carbons (Fsp3) is 0.625. The van der Waals surface area contributed by atoms with Crippen LogP contribution in [0, 0.1) is 6.92 Å². The van der Waals surface area contributed by atoms with Gasteiger partial charge >= 0.3 is 0 Å². The Labute approximate surface area is 111 Å². The molecular formula is C16H26O2. The van der Waals surface area contributed by atoms with Crippen LogP contribution >= 0.6 is 0 Å². The van der Waals surface area contributed by atoms with E-state index in [9.17, 15) is 0 Å². The van der Waals surface area contributed by atoms with Crippen LogP contribution in [0.15, 0.2) is 24.3 Å². The number of hydrogen-bond donors (Lipinski definition) is 0. The first-order chi connectivity index (χ1) is 8.77. The number of benzene rings is 1. The summed E-state index contributed by atoms with van der Waals surface area (Å²) >= 11 is 0. The first-order valence-electron chi connectivity index (χ1n) is 7.07. The lowest BCUT2D eigenvalue weighted by atomic mass is 10.1. The minimum Gasteiger partial charge on any atom is -0.348 e. The van der Waals surface area contributed by atoms with Crippen LogP contribution in [0.25, 0.3) is 0 Å². The van der Waals surface area contributed by atoms with E-state index in [-0.39, 0.29) is 6.29 Å². The third-order valence-electron chi connectivity index (χ3n) is 2.85. The van der Waals surface area contributed by atoms with Crippen molar-refractivity contribution in [1.82, 2.24) is 0 Å². The molecule has 0 unspecified atom stereocenters. The van der Waals surface area contributed by atoms with Crippen molar-refractivity contribution >= 4 is 0 Å². The Morgan fingerprint density at radius 1 is 1.00 bits per heavy atom. The molecule has 0 saturated carbocycles. The van der Waals surface area contributed by atoms with Gasteiger partial charge in [-0.3, -0.25) is 0 Å². The molecule has 0 aliphatic rings. The van der Waals surface area contributed by atoms with Gasteiger partial charge in [0.1, 0.15) is 0 Å². The van der Waals surface area contributed by atoms with Gasteiger partial charge in [0, 0.05) is 5.56 Å². The van der Waals surface area contributed by atoms with Gasteiger partial charge in [-0.25, -0.2) is 0 Å². The van der Waals surface area contributed by atoms with Crippen molar-refractivity contribution in [1.29, 1.82) is 0 Å². The lowest BCUT2D eigenvalue weighted by molar-refractivity contribution is -0.148. The number of hydrogen-bond acceptors (Lipinski definition) is 2. The zero-order valence-corrected chi connectivity index (χ0v) is 11.9. The van der Waals surface area contributed by atoms with E-state index >= 15 is 0 Å². The van der Waals surface area contributed by atoms with Crippen LogP contribution in [0.2, 0.25) is 0 Å². The second-order valence-corrected chi connectivity index (χ2v) is 4.69. The van der Waals surface area contributed by atoms with Gasteiger partial charge in [0.15, 0.2) is 6.29 Å². The maximum absolute atomic E-state index is 5.85. The molecule has 0 saturated heterocycles. The predicted octanol–water partition coefficient (Wildman–Crippen LogP) is 4.63. The molecular weight excluding hydrogens is 224 g/mol. The molecule has 1 rings (SSSR count). The number of rotatable bonds is 9. The topological polar surface area (TPSA) is 18.5 Å². The van der Waals surface area contributed by atoms with Gasteiger partial charge in [0.05, 0.1) is 13.2 Å². The van der Waals surface area contributed by atoms with Crippen molar-refractivity contribution in [2.24, 2.45) is 0 Å². The summed E-state index contributed by atoms with van der Waals surface area (Å²) in [5.41, 5.74) is 2.37. The fourth-order valence-electron chi connectivity index (χ4n) is 1.73. The first-order valence-corrected chi connectivity index (χ1v) is 7.07. The highest BCUT2D eigenvalue weighted by Gasteiger charge is 2.12. The van der Waals surface area contributed by atoms with Crippen molar-refractivity contribution in [3.63, 3.8) is 0 Å². The van der Waals surface area contributed by atoms with Crippen molar-refractivity contribution in [3.05, 3.63) is 35.4 Å². The van der Waals surface area contributed by atoms with Crippen LogP contribution in [-0.2, 0) is 9.47 Å². The molecule has 0 radical (unpaired) electrons. The van der Waals surface area contributed by atoms with Gasteiger partial charge in [-0.15, -0.1) is 0 Å². The second-order valence-electron chi connectivity index (χ2n) is 4.69. The average Bonchev–Trinajstić information content (AvgIpc) is 2.37. The fourth-order valence-corrected chi connectivity index (χ4v) is 1.73. The molecule has 0 aromatic heterocycles. The molecule has 0 amide bonds. The molecule has 0 spiro atoms. The van der Waals surface area contributed by atoms with Gasteiger partial charge in [0.25, 0.3) is 0 Å². The first kappa shape index (κ1) is 15.2. The Kier molecular flexibility index (Phi) is 7.70. The maximum Gasteiger partial charge on any atom is 0.183 e. The van der Waals surface area contributed by atoms with Crippen LogP contribution in [0.4, 0.5) is 0 Å². The Morgan fingerprint density at radius 3 is 2.11 bits per heavy atom. The highest BCUT2D eigenvalue weighted by atomic mass is 16.7. The highest BCUT2D eigenvalue weighted by molar-refractivity contribution is 5.23. The summed E-state index contributed by atoms with van der Waals surface area (Å²) in [7, 11) is 0. The molecule has 0 N–H and O–H groups in total. The standard InChI is InChI=1S/C16H26O2/c1-4-6-11-17-16(18-12-7-5-2)15-10-8-9-14(3)13-15/h8-10,13,16H,4-7,11-12H2,1-3H3. The third kappa shape index (κ3) is 5.65. The van der Waals surface area contributed by atoms with Crippen LogP contribution < -0.4 is 0 Å². The van der Waals surface area contributed by atoms with Crippen molar-refractivity contribution < 1.29 is 9.47 Å². The molecule has 0 atom stereocenters. The summed E-state index contributed by atoms with van der Waals surface area (Å²) in [6.07, 6.45) is 4.26. The molecule has 1 aromatic carbocycles. The van der Waals surface area contributed by atoms with Crippen LogP contribution in [-0.4, -0.2) is 13.2 Å². The number of aryl methyl sites for hydroxylation is 1. The lowest BCUT2D eigenvalue weighted by Gasteiger charge is -2.19. The minimum absolute atomic E-state index is 0.206. The van der Waals surface area contributed by atoms with Crippen molar-refractivity contribution in [2.45, 2.75) is 52.7 Å². The molecule has 1 aromatic rings. The SMILES string of the molecule is CCCCOC(OCCCC)c1cccc(C)c1. The Balaban J connectivity index is 2.57. The zero-order chi connectivity index (χ0) is 13.2. The predicted molar refractivity (Wildman–Crippen MR) is 75.6 cm³/mol. The third-order valence-corrected chi connectivity index (χ3v) is 2.85. The van der Waals surface area contributed by atoms with Gasteiger partial charge in [-0.05, 0) is 19.8 Å². The molecule has 0 bridgehead atoms. The molecule has 2 heteroatoms. The van der Waals surface area contributed by atoms with Gasteiger partial charge < -0.3 is 9.47 Å². The van der Waals surface area contributed by atoms with Crippen molar-refractivity contribution in [2.75, 3.05) is 13.2 Å². The lowest BCUT2D eigenvalue weighted by Crippen LogP contribution is -2.11. The molecule has 0 aliphatic heterocycles. The van der Waals surface area contributed by atoms with E-state index in [0.29, 0.717) is 0 Å².